The number of esters is 2. The van der Waals surface area contributed by atoms with E-state index in [-0.39, 0.29) is 95.4 Å². The van der Waals surface area contributed by atoms with Crippen LogP contribution in [-0.4, -0.2) is 67.2 Å². The van der Waals surface area contributed by atoms with Gasteiger partial charge >= 0.3 is 71.1 Å². The molecular formula is C22H30N5Na2O10P. The number of hydrogen-bond acceptors (Lipinski definition) is 13. The molecule has 15 nitrogen and oxygen atoms in total. The van der Waals surface area contributed by atoms with Gasteiger partial charge in [-0.15, -0.1) is 0 Å². The predicted octanol–water partition coefficient (Wildman–Crippen LogP) is -5.18. The summed E-state index contributed by atoms with van der Waals surface area (Å²) in [6.07, 6.45) is -0.686. The predicted molar refractivity (Wildman–Crippen MR) is 127 cm³/mol. The normalized spacial score (nSPS) is 22.2. The molecular weight excluding hydrogens is 571 g/mol. The van der Waals surface area contributed by atoms with Crippen LogP contribution in [0.4, 0.5) is 5.82 Å². The first-order chi connectivity index (χ1) is 18.1. The van der Waals surface area contributed by atoms with Gasteiger partial charge < -0.3 is 33.6 Å². The van der Waals surface area contributed by atoms with Crippen molar-refractivity contribution in [2.24, 2.45) is 4.99 Å². The van der Waals surface area contributed by atoms with Crippen molar-refractivity contribution in [1.29, 1.82) is 0 Å². The molecule has 210 valence electrons. The van der Waals surface area contributed by atoms with Crippen molar-refractivity contribution in [3.05, 3.63) is 12.7 Å². The number of phosphoric acid groups is 1. The molecule has 0 amide bonds. The fourth-order valence-corrected chi connectivity index (χ4v) is 4.16. The summed E-state index contributed by atoms with van der Waals surface area (Å²) < 4.78 is 34.3. The topological polar surface area (TPSA) is 210 Å². The van der Waals surface area contributed by atoms with Crippen LogP contribution < -0.4 is 69.1 Å². The molecule has 0 aliphatic carbocycles. The van der Waals surface area contributed by atoms with E-state index in [9.17, 15) is 24.2 Å². The maximum atomic E-state index is 12.5. The third kappa shape index (κ3) is 10.1. The van der Waals surface area contributed by atoms with Gasteiger partial charge in [0.1, 0.15) is 12.4 Å². The van der Waals surface area contributed by atoms with Crippen LogP contribution >= 0.6 is 7.82 Å². The van der Waals surface area contributed by atoms with Crippen LogP contribution in [0.25, 0.3) is 11.2 Å². The van der Waals surface area contributed by atoms with Gasteiger partial charge in [-0.25, -0.2) is 19.9 Å². The molecule has 18 heteroatoms. The zero-order chi connectivity index (χ0) is 27.9. The Bertz CT molecular complexity index is 1210. The maximum absolute atomic E-state index is 12.5. The van der Waals surface area contributed by atoms with Crippen LogP contribution in [-0.2, 0) is 32.9 Å². The van der Waals surface area contributed by atoms with Gasteiger partial charge in [0.2, 0.25) is 0 Å². The molecule has 3 heterocycles. The molecule has 0 aromatic carbocycles. The first-order valence-electron chi connectivity index (χ1n) is 12.2. The average molecular weight is 601 g/mol. The van der Waals surface area contributed by atoms with E-state index in [4.69, 9.17) is 19.1 Å². The molecule has 1 saturated heterocycles. The Balaban J connectivity index is 0.00000400. The molecule has 1 unspecified atom stereocenters. The van der Waals surface area contributed by atoms with Gasteiger partial charge in [0, 0.05) is 12.8 Å². The molecule has 1 aliphatic rings. The number of aromatic nitrogens is 4. The molecule has 0 spiro atoms. The number of hydrogen-bond donors (Lipinski definition) is 1. The molecule has 0 saturated carbocycles. The fourth-order valence-electron chi connectivity index (χ4n) is 3.83. The Kier molecular flexibility index (Phi) is 16.0. The second-order valence-electron chi connectivity index (χ2n) is 8.52. The summed E-state index contributed by atoms with van der Waals surface area (Å²) in [5.74, 6) is -1.61. The number of ether oxygens (including phenoxy) is 3. The Labute approximate surface area is 275 Å². The zero-order valence-corrected chi connectivity index (χ0v) is 28.1. The van der Waals surface area contributed by atoms with E-state index in [2.05, 4.69) is 24.5 Å². The minimum absolute atomic E-state index is 0. The largest absolute Gasteiger partial charge is 1.00 e. The molecule has 1 N–H and O–H groups in total. The first-order valence-corrected chi connectivity index (χ1v) is 13.7. The van der Waals surface area contributed by atoms with Gasteiger partial charge in [0.15, 0.2) is 35.4 Å². The van der Waals surface area contributed by atoms with E-state index >= 15 is 0 Å². The second-order valence-corrected chi connectivity index (χ2v) is 9.71. The zero-order valence-electron chi connectivity index (χ0n) is 23.2. The monoisotopic (exact) mass is 601 g/mol. The van der Waals surface area contributed by atoms with Crippen molar-refractivity contribution in [2.75, 3.05) is 6.61 Å². The summed E-state index contributed by atoms with van der Waals surface area (Å²) in [5.41, 5.74) is 0.333. The van der Waals surface area contributed by atoms with Crippen molar-refractivity contribution in [3.8, 4) is 0 Å². The summed E-state index contributed by atoms with van der Waals surface area (Å²) in [5, 5.41) is 12.1. The summed E-state index contributed by atoms with van der Waals surface area (Å²) in [6, 6.07) is 0. The van der Waals surface area contributed by atoms with E-state index in [0.29, 0.717) is 19.3 Å². The number of aliphatic imine (C=N–C) groups is 1. The summed E-state index contributed by atoms with van der Waals surface area (Å²) in [4.78, 5) is 61.7. The summed E-state index contributed by atoms with van der Waals surface area (Å²) >= 11 is 0. The Morgan fingerprint density at radius 3 is 2.23 bits per heavy atom. The number of rotatable bonds is 13. The number of nitrogens with zero attached hydrogens (tertiary/aromatic N) is 5. The standard InChI is InChI=1S/C22H32N5O10P.2Na/c1-4-7-14(28)26-20-17-21(24-11-23-20)27(12-25-17)22-19(37-16(30)9-6-3)18(36-15(29)8-5-2)13(35-22)10-34-38(31,32)33;;/h11-13,18-19,22H,4-10H2,1-3H3,(H2,31,32,33)(H,23,24,26,28);;/q;2*+1/p-2/t13-,18-,19-,22-;;/m1../s1. The summed E-state index contributed by atoms with van der Waals surface area (Å²) in [7, 11) is -5.16. The molecule has 2 aromatic rings. The minimum Gasteiger partial charge on any atom is -0.862 e. The van der Waals surface area contributed by atoms with Crippen molar-refractivity contribution in [2.45, 2.75) is 83.8 Å². The molecule has 3 rings (SSSR count). The van der Waals surface area contributed by atoms with Crippen molar-refractivity contribution in [1.82, 2.24) is 19.5 Å². The Hall–Kier alpha value is -0.970. The van der Waals surface area contributed by atoms with Crippen LogP contribution in [0, 0.1) is 0 Å². The first kappa shape index (κ1) is 37.1. The fraction of sp³-hybridized carbons (Fsp3) is 0.636. The van der Waals surface area contributed by atoms with Crippen LogP contribution in [0.3, 0.4) is 0 Å². The van der Waals surface area contributed by atoms with Gasteiger partial charge in [-0.2, -0.15) is 0 Å². The van der Waals surface area contributed by atoms with E-state index in [0.717, 1.165) is 0 Å². The van der Waals surface area contributed by atoms with Crippen molar-refractivity contribution >= 4 is 42.6 Å². The average Bonchev–Trinajstić information content (AvgIpc) is 3.40. The smallest absolute Gasteiger partial charge is 0.862 e. The van der Waals surface area contributed by atoms with Crippen LogP contribution in [0.15, 0.2) is 17.6 Å². The Morgan fingerprint density at radius 1 is 1.05 bits per heavy atom. The van der Waals surface area contributed by atoms with E-state index in [1.54, 1.807) is 13.8 Å². The minimum atomic E-state index is -5.16. The van der Waals surface area contributed by atoms with Gasteiger partial charge in [-0.1, -0.05) is 27.2 Å². The van der Waals surface area contributed by atoms with Crippen LogP contribution in [0.5, 0.6) is 0 Å². The molecule has 40 heavy (non-hydrogen) atoms. The molecule has 0 radical (unpaired) electrons. The van der Waals surface area contributed by atoms with E-state index in [1.165, 1.54) is 17.2 Å². The van der Waals surface area contributed by atoms with Gasteiger partial charge in [-0.05, 0) is 25.2 Å². The molecule has 1 aliphatic heterocycles. The Morgan fingerprint density at radius 2 is 1.65 bits per heavy atom. The third-order valence-electron chi connectivity index (χ3n) is 5.44. The number of carbonyl (C=O) groups excluding carboxylic acids is 2. The molecule has 2 aromatic heterocycles. The van der Waals surface area contributed by atoms with E-state index < -0.39 is 56.8 Å². The quantitative estimate of drug-likeness (QED) is 0.0749. The number of phosphoric ester groups is 1. The van der Waals surface area contributed by atoms with Crippen LogP contribution in [0.2, 0.25) is 0 Å². The number of imidazole rings is 1. The SMILES string of the molecule is CCCC(=O)O[C@@H]1[C@H](OC(=O)CCC)[C@@H](COP(=O)([O-])O)O[C@H]1n1cnc2c(N=C([O-])CCC)ncnc21.[Na+].[Na+]. The number of carbonyl (C=O) groups is 2. The van der Waals surface area contributed by atoms with Crippen molar-refractivity contribution in [3.63, 3.8) is 0 Å². The van der Waals surface area contributed by atoms with Gasteiger partial charge in [-0.3, -0.25) is 18.7 Å². The van der Waals surface area contributed by atoms with Gasteiger partial charge in [0.25, 0.3) is 7.82 Å². The van der Waals surface area contributed by atoms with Crippen molar-refractivity contribution < 1.29 is 107 Å². The number of fused-ring (bicyclic) bond motifs is 1. The summed E-state index contributed by atoms with van der Waals surface area (Å²) in [6.45, 7) is 4.64. The molecule has 1 fully saturated rings. The van der Waals surface area contributed by atoms with Gasteiger partial charge in [0.05, 0.1) is 12.9 Å². The molecule has 0 bridgehead atoms. The van der Waals surface area contributed by atoms with Crippen LogP contribution in [0.1, 0.15) is 65.5 Å². The second kappa shape index (κ2) is 17.2. The maximum Gasteiger partial charge on any atom is 1.00 e. The van der Waals surface area contributed by atoms with E-state index in [1.807, 2.05) is 6.92 Å². The molecule has 5 atom stereocenters. The third-order valence-corrected chi connectivity index (χ3v) is 5.91.